The van der Waals surface area contributed by atoms with Crippen LogP contribution in [-0.2, 0) is 19.1 Å². The molecule has 0 aromatic carbocycles. The van der Waals surface area contributed by atoms with Crippen molar-refractivity contribution in [2.24, 2.45) is 34.5 Å². The number of ketones is 2. The molecule has 1 aliphatic heterocycles. The van der Waals surface area contributed by atoms with Gasteiger partial charge in [-0.2, -0.15) is 4.98 Å². The van der Waals surface area contributed by atoms with Gasteiger partial charge in [-0.15, -0.1) is 0 Å². The highest BCUT2D eigenvalue weighted by atomic mass is 32.2. The van der Waals surface area contributed by atoms with Crippen LogP contribution in [0.3, 0.4) is 0 Å². The highest BCUT2D eigenvalue weighted by Gasteiger charge is 2.76. The van der Waals surface area contributed by atoms with Crippen molar-refractivity contribution in [3.8, 4) is 0 Å². The Kier molecular flexibility index (Phi) is 6.21. The number of aliphatic hydroxyl groups excluding tert-OH is 1. The van der Waals surface area contributed by atoms with Gasteiger partial charge in [-0.1, -0.05) is 50.1 Å². The van der Waals surface area contributed by atoms with Gasteiger partial charge >= 0.3 is 0 Å². The smallest absolute Gasteiger partial charge is 0.258 e. The number of ether oxygens (including phenoxy) is 2. The zero-order valence-corrected chi connectivity index (χ0v) is 25.0. The first-order chi connectivity index (χ1) is 20.2. The summed E-state index contributed by atoms with van der Waals surface area (Å²) in [5, 5.41) is 12.4. The van der Waals surface area contributed by atoms with E-state index in [1.807, 2.05) is 12.1 Å². The van der Waals surface area contributed by atoms with Crippen molar-refractivity contribution in [2.75, 3.05) is 5.75 Å². The van der Waals surface area contributed by atoms with E-state index < -0.39 is 23.4 Å². The van der Waals surface area contributed by atoms with E-state index in [1.54, 1.807) is 24.4 Å². The van der Waals surface area contributed by atoms with Crippen molar-refractivity contribution in [3.63, 3.8) is 0 Å². The van der Waals surface area contributed by atoms with E-state index in [2.05, 4.69) is 23.8 Å². The monoisotopic (exact) mass is 590 g/mol. The van der Waals surface area contributed by atoms with Gasteiger partial charge in [-0.25, -0.2) is 4.98 Å². The van der Waals surface area contributed by atoms with Crippen molar-refractivity contribution in [1.29, 1.82) is 0 Å². The maximum Gasteiger partial charge on any atom is 0.258 e. The molecule has 8 nitrogen and oxygen atoms in total. The molecule has 3 heterocycles. The largest absolute Gasteiger partial charge is 0.430 e. The topological polar surface area (TPSA) is 112 Å². The number of aromatic nitrogens is 2. The van der Waals surface area contributed by atoms with Crippen LogP contribution in [0.25, 0.3) is 11.2 Å². The summed E-state index contributed by atoms with van der Waals surface area (Å²) in [6, 6.07) is 3.62. The number of carbonyl (C=O) groups is 2. The number of rotatable bonds is 5. The molecular weight excluding hydrogens is 552 g/mol. The lowest BCUT2D eigenvalue weighted by atomic mass is 9.46. The van der Waals surface area contributed by atoms with E-state index >= 15 is 0 Å². The number of nitrogens with zero attached hydrogens (tertiary/aromatic N) is 2. The van der Waals surface area contributed by atoms with Crippen molar-refractivity contribution < 1.29 is 28.6 Å². The predicted molar refractivity (Wildman–Crippen MR) is 155 cm³/mol. The summed E-state index contributed by atoms with van der Waals surface area (Å²) < 4.78 is 19.6. The number of pyridine rings is 1. The second kappa shape index (κ2) is 9.58. The van der Waals surface area contributed by atoms with Gasteiger partial charge in [0.25, 0.3) is 5.22 Å². The fraction of sp³-hybridized carbons (Fsp3) is 0.636. The number of hydrogen-bond donors (Lipinski definition) is 1. The van der Waals surface area contributed by atoms with Gasteiger partial charge in [0.2, 0.25) is 0 Å². The van der Waals surface area contributed by atoms with Crippen molar-refractivity contribution in [2.45, 2.75) is 94.5 Å². The minimum Gasteiger partial charge on any atom is -0.430 e. The first-order valence-corrected chi connectivity index (χ1v) is 16.5. The molecule has 2 aromatic heterocycles. The maximum absolute atomic E-state index is 14.6. The summed E-state index contributed by atoms with van der Waals surface area (Å²) in [4.78, 5) is 35.6. The summed E-state index contributed by atoms with van der Waals surface area (Å²) >= 11 is 1.28. The Labute approximate surface area is 249 Å². The van der Waals surface area contributed by atoms with Crippen molar-refractivity contribution >= 4 is 34.6 Å². The molecule has 8 rings (SSSR count). The molecule has 0 radical (unpaired) electrons. The van der Waals surface area contributed by atoms with E-state index in [-0.39, 0.29) is 46.6 Å². The lowest BCUT2D eigenvalue weighted by Gasteiger charge is -2.59. The molecule has 222 valence electrons. The van der Waals surface area contributed by atoms with Gasteiger partial charge in [-0.05, 0) is 74.6 Å². The molecule has 1 N–H and O–H groups in total. The van der Waals surface area contributed by atoms with Crippen LogP contribution in [0.4, 0.5) is 0 Å². The Bertz CT molecular complexity index is 1480. The van der Waals surface area contributed by atoms with Gasteiger partial charge in [0, 0.05) is 28.9 Å². The van der Waals surface area contributed by atoms with E-state index in [1.165, 1.54) is 11.8 Å². The summed E-state index contributed by atoms with van der Waals surface area (Å²) in [6.07, 6.45) is 13.1. The Hall–Kier alpha value is -2.33. The first-order valence-electron chi connectivity index (χ1n) is 15.6. The number of fused-ring (bicyclic) bond motifs is 8. The van der Waals surface area contributed by atoms with Crippen LogP contribution in [0.5, 0.6) is 0 Å². The fourth-order valence-corrected chi connectivity index (χ4v) is 10.8. The lowest BCUT2D eigenvalue weighted by Crippen LogP contribution is -2.63. The lowest BCUT2D eigenvalue weighted by molar-refractivity contribution is -0.205. The molecule has 6 unspecified atom stereocenters. The molecule has 5 fully saturated rings. The van der Waals surface area contributed by atoms with Crippen LogP contribution in [0.15, 0.2) is 51.8 Å². The second-order valence-electron chi connectivity index (χ2n) is 13.9. The molecule has 2 aromatic rings. The van der Waals surface area contributed by atoms with E-state index in [4.69, 9.17) is 13.9 Å². The van der Waals surface area contributed by atoms with E-state index in [0.29, 0.717) is 28.8 Å². The standard InChI is InChI=1S/C33H38N2O6S/c1-31-12-11-20(36)14-19(31)9-10-21-22-15-26-33(32(22,2)16-23(37)27(21)31,41-29(40-26)18-6-3-4-7-18)25(38)17-42-30-35-28-24(39-30)8-5-13-34-28/h5,8,11-14,18,21-23,26-27,29,37H,3-4,6-7,9-10,15-17H2,1-2H3/t21?,22?,23-,26-,27?,29?,31?,32?,33+/m0/s1. The third-order valence-electron chi connectivity index (χ3n) is 11.9. The number of hydrogen-bond acceptors (Lipinski definition) is 9. The minimum atomic E-state index is -1.14. The molecule has 0 spiro atoms. The minimum absolute atomic E-state index is 0.00497. The molecule has 5 aliphatic carbocycles. The maximum atomic E-state index is 14.6. The number of oxazole rings is 1. The van der Waals surface area contributed by atoms with Crippen molar-refractivity contribution in [1.82, 2.24) is 9.97 Å². The summed E-state index contributed by atoms with van der Waals surface area (Å²) in [5.41, 5.74) is 0.161. The molecule has 6 aliphatic rings. The molecule has 42 heavy (non-hydrogen) atoms. The number of thioether (sulfide) groups is 1. The average Bonchev–Trinajstić information content (AvgIpc) is 3.75. The number of allylic oxidation sites excluding steroid dienone is 4. The molecule has 4 saturated carbocycles. The van der Waals surface area contributed by atoms with Crippen LogP contribution < -0.4 is 0 Å². The molecule has 9 atom stereocenters. The Balaban J connectivity index is 1.14. The Morgan fingerprint density at radius 1 is 1.21 bits per heavy atom. The SMILES string of the molecule is CC12C=CC(=O)C=C1CCC1C2[C@@H](O)CC2(C)C1C[C@@H]1OC(C3CCCC3)O[C@]12C(=O)CSc1nc2ncccc2o1. The molecule has 1 saturated heterocycles. The van der Waals surface area contributed by atoms with Gasteiger partial charge < -0.3 is 19.0 Å². The van der Waals surface area contributed by atoms with Gasteiger partial charge in [0.05, 0.1) is 18.0 Å². The third-order valence-corrected chi connectivity index (χ3v) is 12.8. The fourth-order valence-electron chi connectivity index (χ4n) is 10.1. The highest BCUT2D eigenvalue weighted by Crippen LogP contribution is 2.70. The first kappa shape index (κ1) is 27.2. The van der Waals surface area contributed by atoms with Crippen LogP contribution in [0, 0.1) is 34.5 Å². The quantitative estimate of drug-likeness (QED) is 0.455. The summed E-state index contributed by atoms with van der Waals surface area (Å²) in [5.74, 6) is 0.807. The average molecular weight is 591 g/mol. The molecular formula is C33H38N2O6S. The Morgan fingerprint density at radius 2 is 2.05 bits per heavy atom. The number of Topliss-reactive ketones (excluding diaryl/α,β-unsaturated/α-hetero) is 1. The zero-order chi connectivity index (χ0) is 28.9. The van der Waals surface area contributed by atoms with Gasteiger partial charge in [-0.3, -0.25) is 9.59 Å². The predicted octanol–water partition coefficient (Wildman–Crippen LogP) is 5.44. The molecule has 0 bridgehead atoms. The second-order valence-corrected chi connectivity index (χ2v) is 14.8. The molecule has 9 heteroatoms. The van der Waals surface area contributed by atoms with Crippen molar-refractivity contribution in [3.05, 3.63) is 42.1 Å². The number of carbonyl (C=O) groups excluding carboxylic acids is 2. The van der Waals surface area contributed by atoms with Crippen LogP contribution in [0.1, 0.15) is 65.2 Å². The van der Waals surface area contributed by atoms with Crippen LogP contribution in [0.2, 0.25) is 0 Å². The highest BCUT2D eigenvalue weighted by molar-refractivity contribution is 7.99. The molecule has 0 amide bonds. The number of aliphatic hydroxyl groups is 1. The summed E-state index contributed by atoms with van der Waals surface area (Å²) in [6.45, 7) is 4.35. The van der Waals surface area contributed by atoms with Gasteiger partial charge in [0.1, 0.15) is 0 Å². The van der Waals surface area contributed by atoms with Crippen LogP contribution in [-0.4, -0.2) is 56.5 Å². The van der Waals surface area contributed by atoms with Crippen LogP contribution >= 0.6 is 11.8 Å². The van der Waals surface area contributed by atoms with E-state index in [0.717, 1.165) is 50.5 Å². The Morgan fingerprint density at radius 3 is 2.86 bits per heavy atom. The zero-order valence-electron chi connectivity index (χ0n) is 24.2. The normalized spacial score (nSPS) is 42.7. The third kappa shape index (κ3) is 3.72. The van der Waals surface area contributed by atoms with Gasteiger partial charge in [0.15, 0.2) is 34.7 Å². The summed E-state index contributed by atoms with van der Waals surface area (Å²) in [7, 11) is 0. The van der Waals surface area contributed by atoms with E-state index in [9.17, 15) is 14.7 Å².